The van der Waals surface area contributed by atoms with E-state index < -0.39 is 16.6 Å². The number of aliphatic imine (C=N–C) groups is 1. The van der Waals surface area contributed by atoms with Crippen LogP contribution < -0.4 is 8.85 Å². The Morgan fingerprint density at radius 1 is 0.833 bits per heavy atom. The van der Waals surface area contributed by atoms with Crippen LogP contribution >= 0.6 is 0 Å². The lowest BCUT2D eigenvalue weighted by Gasteiger charge is -2.48. The Hall–Kier alpha value is -1.34. The van der Waals surface area contributed by atoms with Crippen LogP contribution in [0.4, 0.5) is 0 Å². The standard InChI is InChI=1S/C31H51NO2Si2/c1-21-20-32-27-14-12-13-22-15-16-26(28(21)29(22)27)23-17-24(33-35(8,9)30(2,3)4)19-25(18-23)34-36(10,11)31(5,6)7/h15-19,21-22,26,28-29H,12-14,20H2,1-11H3/t21-,22+,26+,28-,29+/m0/s1. The van der Waals surface area contributed by atoms with Crippen molar-refractivity contribution in [2.24, 2.45) is 28.7 Å². The van der Waals surface area contributed by atoms with E-state index in [1.807, 2.05) is 0 Å². The van der Waals surface area contributed by atoms with Crippen molar-refractivity contribution in [3.05, 3.63) is 35.9 Å². The highest BCUT2D eigenvalue weighted by Crippen LogP contribution is 2.51. The average Bonchev–Trinajstić information content (AvgIpc) is 2.73. The van der Waals surface area contributed by atoms with E-state index in [9.17, 15) is 0 Å². The van der Waals surface area contributed by atoms with Gasteiger partial charge >= 0.3 is 0 Å². The zero-order chi connectivity index (χ0) is 26.7. The number of benzene rings is 1. The predicted octanol–water partition coefficient (Wildman–Crippen LogP) is 9.23. The molecule has 4 rings (SSSR count). The molecule has 1 fully saturated rings. The molecule has 36 heavy (non-hydrogen) atoms. The van der Waals surface area contributed by atoms with Crippen LogP contribution in [0.5, 0.6) is 11.5 Å². The molecular weight excluding hydrogens is 475 g/mol. The molecular formula is C31H51NO2Si2. The minimum absolute atomic E-state index is 0.146. The molecule has 1 aromatic rings. The molecule has 1 aromatic carbocycles. The second-order valence-corrected chi connectivity index (χ2v) is 24.3. The summed E-state index contributed by atoms with van der Waals surface area (Å²) in [4.78, 5) is 5.07. The lowest BCUT2D eigenvalue weighted by atomic mass is 9.58. The third-order valence-corrected chi connectivity index (χ3v) is 18.8. The van der Waals surface area contributed by atoms with Crippen molar-refractivity contribution in [1.82, 2.24) is 0 Å². The molecule has 0 bridgehead atoms. The van der Waals surface area contributed by atoms with Gasteiger partial charge in [0, 0.05) is 30.2 Å². The molecule has 0 amide bonds. The van der Waals surface area contributed by atoms with Gasteiger partial charge in [0.15, 0.2) is 0 Å². The van der Waals surface area contributed by atoms with E-state index in [1.165, 1.54) is 30.5 Å². The molecule has 5 heteroatoms. The van der Waals surface area contributed by atoms with Gasteiger partial charge in [-0.2, -0.15) is 0 Å². The Bertz CT molecular complexity index is 982. The molecule has 0 spiro atoms. The Labute approximate surface area is 223 Å². The summed E-state index contributed by atoms with van der Waals surface area (Å²) in [7, 11) is -3.97. The lowest BCUT2D eigenvalue weighted by molar-refractivity contribution is 0.187. The zero-order valence-electron chi connectivity index (χ0n) is 24.9. The molecule has 5 atom stereocenters. The summed E-state index contributed by atoms with van der Waals surface area (Å²) in [6.07, 6.45) is 8.84. The Balaban J connectivity index is 1.78. The minimum atomic E-state index is -1.98. The highest BCUT2D eigenvalue weighted by atomic mass is 28.4. The Morgan fingerprint density at radius 2 is 1.39 bits per heavy atom. The van der Waals surface area contributed by atoms with Gasteiger partial charge in [-0.15, -0.1) is 0 Å². The first-order valence-electron chi connectivity index (χ1n) is 14.2. The van der Waals surface area contributed by atoms with Crippen LogP contribution in [0.3, 0.4) is 0 Å². The van der Waals surface area contributed by atoms with Crippen LogP contribution in [-0.4, -0.2) is 28.9 Å². The van der Waals surface area contributed by atoms with E-state index in [0.29, 0.717) is 29.6 Å². The SMILES string of the molecule is C[C@H]1CN=C2CCC[C@@H]3C=C[C@H](c4cc(O[Si](C)(C)C(C)(C)C)cc(O[Si](C)(C)C(C)(C)C)c4)[C@H]1[C@@H]23. The summed E-state index contributed by atoms with van der Waals surface area (Å²) in [5, 5.41) is 0.291. The first-order chi connectivity index (χ1) is 16.5. The maximum absolute atomic E-state index is 6.90. The van der Waals surface area contributed by atoms with Crippen molar-refractivity contribution in [2.45, 2.75) is 110 Å². The highest BCUT2D eigenvalue weighted by molar-refractivity contribution is 6.75. The fraction of sp³-hybridized carbons (Fsp3) is 0.710. The quantitative estimate of drug-likeness (QED) is 0.283. The summed E-state index contributed by atoms with van der Waals surface area (Å²) in [6, 6.07) is 6.86. The zero-order valence-corrected chi connectivity index (χ0v) is 26.9. The van der Waals surface area contributed by atoms with Crippen molar-refractivity contribution in [2.75, 3.05) is 6.54 Å². The number of rotatable bonds is 5. The molecule has 0 radical (unpaired) electrons. The molecule has 3 nitrogen and oxygen atoms in total. The van der Waals surface area contributed by atoms with E-state index in [0.717, 1.165) is 18.0 Å². The smallest absolute Gasteiger partial charge is 0.250 e. The second kappa shape index (κ2) is 9.45. The van der Waals surface area contributed by atoms with Crippen LogP contribution in [0.2, 0.25) is 36.3 Å². The third kappa shape index (κ3) is 5.29. The molecule has 200 valence electrons. The van der Waals surface area contributed by atoms with Gasteiger partial charge in [-0.3, -0.25) is 4.99 Å². The van der Waals surface area contributed by atoms with Crippen molar-refractivity contribution < 1.29 is 8.85 Å². The molecule has 2 aliphatic carbocycles. The topological polar surface area (TPSA) is 30.8 Å². The second-order valence-electron chi connectivity index (χ2n) is 14.8. The first kappa shape index (κ1) is 27.7. The highest BCUT2D eigenvalue weighted by Gasteiger charge is 2.46. The Morgan fingerprint density at radius 3 is 1.92 bits per heavy atom. The maximum Gasteiger partial charge on any atom is 0.250 e. The van der Waals surface area contributed by atoms with Crippen molar-refractivity contribution in [1.29, 1.82) is 0 Å². The van der Waals surface area contributed by atoms with Crippen LogP contribution in [0.1, 0.15) is 79.2 Å². The first-order valence-corrected chi connectivity index (χ1v) is 20.1. The monoisotopic (exact) mass is 525 g/mol. The molecule has 0 aromatic heterocycles. The molecule has 0 N–H and O–H groups in total. The van der Waals surface area contributed by atoms with Crippen LogP contribution in [0, 0.1) is 23.7 Å². The van der Waals surface area contributed by atoms with Crippen LogP contribution in [0.25, 0.3) is 0 Å². The average molecular weight is 526 g/mol. The van der Waals surface area contributed by atoms with Crippen molar-refractivity contribution >= 4 is 22.3 Å². The van der Waals surface area contributed by atoms with E-state index in [2.05, 4.69) is 105 Å². The van der Waals surface area contributed by atoms with Crippen LogP contribution in [0.15, 0.2) is 35.3 Å². The predicted molar refractivity (Wildman–Crippen MR) is 160 cm³/mol. The molecule has 1 heterocycles. The van der Waals surface area contributed by atoms with Gasteiger partial charge in [-0.05, 0) is 91.0 Å². The van der Waals surface area contributed by atoms with E-state index in [-0.39, 0.29) is 10.1 Å². The van der Waals surface area contributed by atoms with Gasteiger partial charge in [-0.25, -0.2) is 0 Å². The normalized spacial score (nSPS) is 28.9. The molecule has 0 unspecified atom stereocenters. The van der Waals surface area contributed by atoms with Crippen molar-refractivity contribution in [3.8, 4) is 11.5 Å². The van der Waals surface area contributed by atoms with E-state index in [1.54, 1.807) is 0 Å². The van der Waals surface area contributed by atoms with E-state index in [4.69, 9.17) is 13.8 Å². The van der Waals surface area contributed by atoms with Gasteiger partial charge in [-0.1, -0.05) is 60.6 Å². The molecule has 3 aliphatic rings. The number of nitrogens with zero attached hydrogens (tertiary/aromatic N) is 1. The largest absolute Gasteiger partial charge is 0.543 e. The molecule has 1 aliphatic heterocycles. The Kier molecular flexibility index (Phi) is 7.27. The van der Waals surface area contributed by atoms with Crippen molar-refractivity contribution in [3.63, 3.8) is 0 Å². The summed E-state index contributed by atoms with van der Waals surface area (Å²) >= 11 is 0. The number of hydrogen-bond acceptors (Lipinski definition) is 3. The fourth-order valence-electron chi connectivity index (χ4n) is 5.86. The number of allylic oxidation sites excluding steroid dienone is 2. The van der Waals surface area contributed by atoms with Gasteiger partial charge < -0.3 is 8.85 Å². The van der Waals surface area contributed by atoms with E-state index >= 15 is 0 Å². The van der Waals surface area contributed by atoms with Gasteiger partial charge in [0.1, 0.15) is 11.5 Å². The van der Waals surface area contributed by atoms with Gasteiger partial charge in [0.05, 0.1) is 0 Å². The summed E-state index contributed by atoms with van der Waals surface area (Å²) in [5.41, 5.74) is 2.86. The summed E-state index contributed by atoms with van der Waals surface area (Å²) in [6.45, 7) is 26.6. The number of hydrogen-bond donors (Lipinski definition) is 0. The maximum atomic E-state index is 6.90. The molecule has 0 saturated heterocycles. The lowest BCUT2D eigenvalue weighted by Crippen LogP contribution is -2.45. The summed E-state index contributed by atoms with van der Waals surface area (Å²) in [5.74, 6) is 4.83. The van der Waals surface area contributed by atoms with Gasteiger partial charge in [0.2, 0.25) is 16.6 Å². The molecule has 1 saturated carbocycles. The minimum Gasteiger partial charge on any atom is -0.543 e. The summed E-state index contributed by atoms with van der Waals surface area (Å²) < 4.78 is 13.8. The van der Waals surface area contributed by atoms with Crippen LogP contribution in [-0.2, 0) is 0 Å². The third-order valence-electron chi connectivity index (χ3n) is 10.1. The fourth-order valence-corrected chi connectivity index (χ4v) is 7.88. The van der Waals surface area contributed by atoms with Gasteiger partial charge in [0.25, 0.3) is 0 Å².